The minimum Gasteiger partial charge on any atom is -0.490 e. The Labute approximate surface area is 199 Å². The van der Waals surface area contributed by atoms with Crippen LogP contribution in [0.4, 0.5) is 0 Å². The Bertz CT molecular complexity index is 1160. The van der Waals surface area contributed by atoms with Crippen LogP contribution < -0.4 is 14.8 Å². The fourth-order valence-electron chi connectivity index (χ4n) is 3.99. The largest absolute Gasteiger partial charge is 0.490 e. The maximum atomic E-state index is 13.1. The number of sulfonamides is 1. The standard InChI is InChI=1S/C24H29N3O6S/c1-18-5-2-3-6-20(18)24(29)25-10-9-23(28)26-11-13-27(14-12-26)34(30,31)19-7-8-21-22(17-19)33-16-4-15-32-21/h2-3,5-8,17H,4,9-16H2,1H3,(H,25,29). The molecule has 1 N–H and O–H groups in total. The second kappa shape index (κ2) is 10.4. The van der Waals surface area contributed by atoms with Crippen molar-refractivity contribution in [1.82, 2.24) is 14.5 Å². The fraction of sp³-hybridized carbons (Fsp3) is 0.417. The SMILES string of the molecule is Cc1ccccc1C(=O)NCCC(=O)N1CCN(S(=O)(=O)c2ccc3c(c2)OCCCO3)CC1. The van der Waals surface area contributed by atoms with Gasteiger partial charge in [-0.05, 0) is 30.7 Å². The molecule has 2 amide bonds. The number of nitrogens with one attached hydrogen (secondary N) is 1. The molecule has 9 nitrogen and oxygen atoms in total. The van der Waals surface area contributed by atoms with Gasteiger partial charge in [0.25, 0.3) is 5.91 Å². The quantitative estimate of drug-likeness (QED) is 0.666. The van der Waals surface area contributed by atoms with Crippen molar-refractivity contribution in [3.8, 4) is 11.5 Å². The predicted octanol–water partition coefficient (Wildman–Crippen LogP) is 1.81. The topological polar surface area (TPSA) is 105 Å². The predicted molar refractivity (Wildman–Crippen MR) is 126 cm³/mol. The second-order valence-electron chi connectivity index (χ2n) is 8.26. The van der Waals surface area contributed by atoms with Crippen LogP contribution in [0.15, 0.2) is 47.4 Å². The summed E-state index contributed by atoms with van der Waals surface area (Å²) in [6.07, 6.45) is 0.898. The number of fused-ring (bicyclic) bond motifs is 1. The zero-order valence-corrected chi connectivity index (χ0v) is 20.0. The second-order valence-corrected chi connectivity index (χ2v) is 10.2. The number of piperazine rings is 1. The van der Waals surface area contributed by atoms with Crippen molar-refractivity contribution in [2.75, 3.05) is 45.9 Å². The summed E-state index contributed by atoms with van der Waals surface area (Å²) in [6.45, 7) is 4.11. The summed E-state index contributed by atoms with van der Waals surface area (Å²) in [4.78, 5) is 26.7. The van der Waals surface area contributed by atoms with Gasteiger partial charge in [-0.15, -0.1) is 0 Å². The first kappa shape index (κ1) is 24.0. The van der Waals surface area contributed by atoms with Crippen LogP contribution in [0.25, 0.3) is 0 Å². The summed E-state index contributed by atoms with van der Waals surface area (Å²) in [7, 11) is -3.72. The Morgan fingerprint density at radius 2 is 1.68 bits per heavy atom. The van der Waals surface area contributed by atoms with E-state index >= 15 is 0 Å². The average molecular weight is 488 g/mol. The van der Waals surface area contributed by atoms with Gasteiger partial charge in [-0.2, -0.15) is 4.31 Å². The molecule has 2 aromatic rings. The lowest BCUT2D eigenvalue weighted by atomic mass is 10.1. The number of rotatable bonds is 6. The molecule has 0 bridgehead atoms. The minimum absolute atomic E-state index is 0.113. The highest BCUT2D eigenvalue weighted by Crippen LogP contribution is 2.33. The molecule has 1 fully saturated rings. The van der Waals surface area contributed by atoms with E-state index in [9.17, 15) is 18.0 Å². The molecule has 0 aromatic heterocycles. The van der Waals surface area contributed by atoms with E-state index in [1.54, 1.807) is 23.1 Å². The van der Waals surface area contributed by atoms with Crippen molar-refractivity contribution in [1.29, 1.82) is 0 Å². The Kier molecular flexibility index (Phi) is 7.38. The molecule has 34 heavy (non-hydrogen) atoms. The van der Waals surface area contributed by atoms with Gasteiger partial charge in [-0.1, -0.05) is 18.2 Å². The van der Waals surface area contributed by atoms with E-state index in [4.69, 9.17) is 9.47 Å². The number of carbonyl (C=O) groups excluding carboxylic acids is 2. The van der Waals surface area contributed by atoms with E-state index in [1.807, 2.05) is 19.1 Å². The van der Waals surface area contributed by atoms with Gasteiger partial charge in [0.1, 0.15) is 0 Å². The lowest BCUT2D eigenvalue weighted by Gasteiger charge is -2.34. The molecule has 2 aliphatic rings. The van der Waals surface area contributed by atoms with Gasteiger partial charge in [-0.25, -0.2) is 8.42 Å². The van der Waals surface area contributed by atoms with Gasteiger partial charge in [0.2, 0.25) is 15.9 Å². The number of nitrogens with zero attached hydrogens (tertiary/aromatic N) is 2. The van der Waals surface area contributed by atoms with E-state index in [0.29, 0.717) is 43.4 Å². The van der Waals surface area contributed by atoms with Crippen LogP contribution in [0.2, 0.25) is 0 Å². The van der Waals surface area contributed by atoms with Crippen molar-refractivity contribution < 1.29 is 27.5 Å². The van der Waals surface area contributed by atoms with E-state index < -0.39 is 10.0 Å². The van der Waals surface area contributed by atoms with Crippen molar-refractivity contribution >= 4 is 21.8 Å². The van der Waals surface area contributed by atoms with Crippen molar-refractivity contribution in [3.05, 3.63) is 53.6 Å². The van der Waals surface area contributed by atoms with Crippen molar-refractivity contribution in [2.45, 2.75) is 24.7 Å². The van der Waals surface area contributed by atoms with E-state index in [2.05, 4.69) is 5.32 Å². The highest BCUT2D eigenvalue weighted by atomic mass is 32.2. The molecule has 2 aromatic carbocycles. The fourth-order valence-corrected chi connectivity index (χ4v) is 5.43. The zero-order chi connectivity index (χ0) is 24.1. The molecule has 4 rings (SSSR count). The normalized spacial score (nSPS) is 16.6. The number of aryl methyl sites for hydroxylation is 1. The molecule has 0 aliphatic carbocycles. The first-order valence-corrected chi connectivity index (χ1v) is 12.8. The summed E-state index contributed by atoms with van der Waals surface area (Å²) in [6, 6.07) is 11.9. The molecule has 0 atom stereocenters. The van der Waals surface area contributed by atoms with E-state index in [0.717, 1.165) is 12.0 Å². The van der Waals surface area contributed by atoms with Crippen LogP contribution in [0.1, 0.15) is 28.8 Å². The number of ether oxygens (including phenoxy) is 2. The maximum absolute atomic E-state index is 13.1. The van der Waals surface area contributed by atoms with E-state index in [1.165, 1.54) is 16.4 Å². The van der Waals surface area contributed by atoms with Gasteiger partial charge >= 0.3 is 0 Å². The molecule has 1 saturated heterocycles. The first-order chi connectivity index (χ1) is 16.4. The Hall–Kier alpha value is -3.11. The number of amides is 2. The summed E-state index contributed by atoms with van der Waals surface area (Å²) >= 11 is 0. The Balaban J connectivity index is 1.28. The van der Waals surface area contributed by atoms with Crippen molar-refractivity contribution in [3.63, 3.8) is 0 Å². The molecule has 0 unspecified atom stereocenters. The zero-order valence-electron chi connectivity index (χ0n) is 19.2. The molecule has 2 heterocycles. The van der Waals surface area contributed by atoms with Crippen LogP contribution in [0.3, 0.4) is 0 Å². The van der Waals surface area contributed by atoms with Crippen LogP contribution in [0, 0.1) is 6.92 Å². The third-order valence-electron chi connectivity index (χ3n) is 5.96. The van der Waals surface area contributed by atoms with Gasteiger partial charge in [0, 0.05) is 57.2 Å². The van der Waals surface area contributed by atoms with Crippen LogP contribution in [0.5, 0.6) is 11.5 Å². The molecular formula is C24H29N3O6S. The van der Waals surface area contributed by atoms with Gasteiger partial charge < -0.3 is 19.7 Å². The first-order valence-electron chi connectivity index (χ1n) is 11.4. The Morgan fingerprint density at radius 1 is 0.971 bits per heavy atom. The highest BCUT2D eigenvalue weighted by molar-refractivity contribution is 7.89. The van der Waals surface area contributed by atoms with Gasteiger partial charge in [0.05, 0.1) is 18.1 Å². The highest BCUT2D eigenvalue weighted by Gasteiger charge is 2.31. The van der Waals surface area contributed by atoms with Gasteiger partial charge in [-0.3, -0.25) is 9.59 Å². The molecule has 2 aliphatic heterocycles. The lowest BCUT2D eigenvalue weighted by molar-refractivity contribution is -0.132. The maximum Gasteiger partial charge on any atom is 0.251 e. The molecule has 0 spiro atoms. The molecular weight excluding hydrogens is 458 g/mol. The molecule has 182 valence electrons. The monoisotopic (exact) mass is 487 g/mol. The van der Waals surface area contributed by atoms with Crippen LogP contribution in [-0.2, 0) is 14.8 Å². The minimum atomic E-state index is -3.72. The van der Waals surface area contributed by atoms with Crippen LogP contribution >= 0.6 is 0 Å². The third-order valence-corrected chi connectivity index (χ3v) is 7.86. The molecule has 10 heteroatoms. The number of hydrogen-bond donors (Lipinski definition) is 1. The van der Waals surface area contributed by atoms with E-state index in [-0.39, 0.29) is 42.8 Å². The number of benzene rings is 2. The summed E-state index contributed by atoms with van der Waals surface area (Å²) in [5.74, 6) is 0.649. The summed E-state index contributed by atoms with van der Waals surface area (Å²) in [5, 5.41) is 2.78. The third kappa shape index (κ3) is 5.34. The number of hydrogen-bond acceptors (Lipinski definition) is 6. The van der Waals surface area contributed by atoms with Crippen molar-refractivity contribution in [2.24, 2.45) is 0 Å². The Morgan fingerprint density at radius 3 is 2.41 bits per heavy atom. The smallest absolute Gasteiger partial charge is 0.251 e. The number of carbonyl (C=O) groups is 2. The van der Waals surface area contributed by atoms with Gasteiger partial charge in [0.15, 0.2) is 11.5 Å². The summed E-state index contributed by atoms with van der Waals surface area (Å²) < 4.78 is 38.8. The molecule has 0 saturated carbocycles. The molecule has 0 radical (unpaired) electrons. The van der Waals surface area contributed by atoms with Crippen LogP contribution in [-0.4, -0.2) is 75.4 Å². The lowest BCUT2D eigenvalue weighted by Crippen LogP contribution is -2.50. The summed E-state index contributed by atoms with van der Waals surface area (Å²) in [5.41, 5.74) is 1.46. The average Bonchev–Trinajstić information content (AvgIpc) is 3.09.